The third-order valence-electron chi connectivity index (χ3n) is 18.9. The van der Waals surface area contributed by atoms with Crippen LogP contribution in [0.1, 0.15) is 136 Å². The molecular formula is C56H68BN3OS. The number of benzene rings is 1. The minimum atomic E-state index is 0.0608. The van der Waals surface area contributed by atoms with Gasteiger partial charge in [0.2, 0.25) is 6.71 Å². The van der Waals surface area contributed by atoms with Gasteiger partial charge in [0.1, 0.15) is 6.00 Å². The van der Waals surface area contributed by atoms with Crippen LogP contribution in [0, 0.1) is 23.2 Å². The third kappa shape index (κ3) is 5.65. The number of rotatable bonds is 5. The molecule has 1 aromatic carbocycles. The predicted octanol–water partition coefficient (Wildman–Crippen LogP) is 13.5. The van der Waals surface area contributed by atoms with Crippen LogP contribution in [0.15, 0.2) is 135 Å². The average molecular weight is 842 g/mol. The maximum Gasteiger partial charge on any atom is 0.242 e. The van der Waals surface area contributed by atoms with Crippen LogP contribution in [0.5, 0.6) is 0 Å². The molecule has 322 valence electrons. The fraction of sp³-hybridized carbons (Fsp3) is 0.571. The Balaban J connectivity index is 1.02. The smallest absolute Gasteiger partial charge is 0.242 e. The molecule has 5 aliphatic heterocycles. The molecule has 0 bridgehead atoms. The lowest BCUT2D eigenvalue weighted by atomic mass is 9.26. The van der Waals surface area contributed by atoms with Gasteiger partial charge in [-0.25, -0.2) is 0 Å². The molecule has 1 spiro atoms. The molecule has 8 atom stereocenters. The van der Waals surface area contributed by atoms with E-state index in [9.17, 15) is 0 Å². The molecule has 2 saturated heterocycles. The van der Waals surface area contributed by atoms with Gasteiger partial charge >= 0.3 is 0 Å². The van der Waals surface area contributed by atoms with Crippen LogP contribution in [0.25, 0.3) is 0 Å². The highest BCUT2D eigenvalue weighted by atomic mass is 32.2. The highest BCUT2D eigenvalue weighted by Crippen LogP contribution is 2.70. The number of ether oxygens (including phenoxy) is 1. The number of thioether (sulfide) groups is 1. The molecule has 1 aromatic rings. The molecule has 6 heteroatoms. The number of anilines is 1. The van der Waals surface area contributed by atoms with Crippen LogP contribution in [-0.2, 0) is 4.74 Å². The normalized spacial score (nSPS) is 36.2. The number of allylic oxidation sites excluding steroid dienone is 12. The van der Waals surface area contributed by atoms with Crippen molar-refractivity contribution in [3.8, 4) is 0 Å². The van der Waals surface area contributed by atoms with E-state index in [2.05, 4.69) is 132 Å². The number of fused-ring (bicyclic) bond motifs is 7. The maximum absolute atomic E-state index is 7.93. The van der Waals surface area contributed by atoms with E-state index in [1.54, 1.807) is 32.9 Å². The highest BCUT2D eigenvalue weighted by Gasteiger charge is 2.71. The Bertz CT molecular complexity index is 2310. The monoisotopic (exact) mass is 842 g/mol. The molecule has 0 N–H and O–H groups in total. The number of hydrogen-bond acceptors (Lipinski definition) is 5. The fourth-order valence-electron chi connectivity index (χ4n) is 16.3. The zero-order chi connectivity index (χ0) is 41.3. The van der Waals surface area contributed by atoms with E-state index in [-0.39, 0.29) is 17.6 Å². The summed E-state index contributed by atoms with van der Waals surface area (Å²) in [7, 11) is 0. The zero-order valence-electron chi connectivity index (χ0n) is 37.7. The Hall–Kier alpha value is -3.51. The van der Waals surface area contributed by atoms with Gasteiger partial charge in [-0.2, -0.15) is 0 Å². The largest absolute Gasteiger partial charge is 0.481 e. The van der Waals surface area contributed by atoms with Gasteiger partial charge < -0.3 is 14.5 Å². The van der Waals surface area contributed by atoms with E-state index in [4.69, 9.17) is 4.74 Å². The summed E-state index contributed by atoms with van der Waals surface area (Å²) in [5, 5.41) is 0.617. The van der Waals surface area contributed by atoms with E-state index in [0.29, 0.717) is 47.1 Å². The first-order valence-electron chi connectivity index (χ1n) is 25.5. The van der Waals surface area contributed by atoms with Crippen molar-refractivity contribution in [2.45, 2.75) is 177 Å². The van der Waals surface area contributed by atoms with Crippen LogP contribution in [0.4, 0.5) is 5.69 Å². The zero-order valence-corrected chi connectivity index (χ0v) is 38.6. The van der Waals surface area contributed by atoms with Crippen molar-refractivity contribution in [2.75, 3.05) is 4.90 Å². The second-order valence-corrected chi connectivity index (χ2v) is 23.5. The molecule has 12 aliphatic rings. The minimum Gasteiger partial charge on any atom is -0.481 e. The molecule has 7 aliphatic carbocycles. The average Bonchev–Trinajstić information content (AvgIpc) is 3.96. The lowest BCUT2D eigenvalue weighted by molar-refractivity contribution is 0.0274. The van der Waals surface area contributed by atoms with Crippen molar-refractivity contribution >= 4 is 24.2 Å². The summed E-state index contributed by atoms with van der Waals surface area (Å²) in [5.41, 5.74) is 13.1. The summed E-state index contributed by atoms with van der Waals surface area (Å²) in [6.07, 6.45) is 46.6. The summed E-state index contributed by atoms with van der Waals surface area (Å²) in [6.45, 7) is 8.33. The van der Waals surface area contributed by atoms with E-state index in [1.807, 2.05) is 5.57 Å². The Morgan fingerprint density at radius 2 is 1.68 bits per heavy atom. The maximum atomic E-state index is 7.93. The summed E-state index contributed by atoms with van der Waals surface area (Å²) in [6, 6.07) is 12.3. The lowest BCUT2D eigenvalue weighted by Crippen LogP contribution is -2.66. The van der Waals surface area contributed by atoms with Gasteiger partial charge in [-0.05, 0) is 160 Å². The summed E-state index contributed by atoms with van der Waals surface area (Å²) < 4.78 is 7.93. The quantitative estimate of drug-likeness (QED) is 0.217. The van der Waals surface area contributed by atoms with Crippen LogP contribution in [-0.4, -0.2) is 51.4 Å². The molecular weight excluding hydrogens is 774 g/mol. The van der Waals surface area contributed by atoms with E-state index in [0.717, 1.165) is 31.1 Å². The van der Waals surface area contributed by atoms with Crippen molar-refractivity contribution < 1.29 is 4.74 Å². The second kappa shape index (κ2) is 14.8. The standard InChI is InChI=1S/C56H68BN3OS/c1-36-30-46-52-47(31-36)60-53-44(56(55(60,2)3)28-16-7-17-29-56)32-38(37-18-8-4-9-19-37)33-45(53)57(52)54-48(59(46)41-26-27-50-43(34-41)42-24-14-15-25-49(42)62-50)35-51(61-54)58(39-20-10-5-11-21-39)40-22-12-6-13-23-40/h5-6,10-12,14,20-22,24,31,33-37,41,44-45,48,50,53-54H,4,7-9,13,15-19,23,25-30,32H2,1-3H3. The molecule has 13 rings (SSSR count). The molecule has 0 amide bonds. The van der Waals surface area contributed by atoms with Crippen molar-refractivity contribution in [1.82, 2.24) is 9.80 Å². The molecule has 0 aromatic heterocycles. The van der Waals surface area contributed by atoms with Gasteiger partial charge in [0.25, 0.3) is 0 Å². The first-order chi connectivity index (χ1) is 30.4. The number of nitrogens with zero attached hydrogens (tertiary/aromatic N) is 3. The summed E-state index contributed by atoms with van der Waals surface area (Å²) in [5.74, 6) is 3.51. The van der Waals surface area contributed by atoms with Gasteiger partial charge in [-0.15, -0.1) is 11.8 Å². The van der Waals surface area contributed by atoms with Crippen molar-refractivity contribution in [3.63, 3.8) is 0 Å². The number of para-hydroxylation sites is 1. The molecule has 4 nitrogen and oxygen atoms in total. The van der Waals surface area contributed by atoms with Crippen LogP contribution in [0.3, 0.4) is 0 Å². The molecule has 8 unspecified atom stereocenters. The highest BCUT2D eigenvalue weighted by molar-refractivity contribution is 8.04. The molecule has 2 saturated carbocycles. The van der Waals surface area contributed by atoms with E-state index >= 15 is 0 Å². The van der Waals surface area contributed by atoms with Gasteiger partial charge in [-0.1, -0.05) is 112 Å². The van der Waals surface area contributed by atoms with Crippen molar-refractivity contribution in [2.24, 2.45) is 23.2 Å². The first-order valence-corrected chi connectivity index (χ1v) is 26.4. The molecule has 4 fully saturated rings. The van der Waals surface area contributed by atoms with Crippen LogP contribution < -0.4 is 4.90 Å². The van der Waals surface area contributed by atoms with Crippen molar-refractivity contribution in [1.29, 1.82) is 0 Å². The fourth-order valence-corrected chi connectivity index (χ4v) is 17.8. The van der Waals surface area contributed by atoms with E-state index in [1.165, 1.54) is 108 Å². The first kappa shape index (κ1) is 38.9. The predicted molar refractivity (Wildman–Crippen MR) is 258 cm³/mol. The lowest BCUT2D eigenvalue weighted by Gasteiger charge is -2.59. The molecule has 62 heavy (non-hydrogen) atoms. The van der Waals surface area contributed by atoms with Gasteiger partial charge in [0, 0.05) is 51.7 Å². The third-order valence-corrected chi connectivity index (χ3v) is 20.3. The van der Waals surface area contributed by atoms with Gasteiger partial charge in [-0.3, -0.25) is 4.90 Å². The summed E-state index contributed by atoms with van der Waals surface area (Å²) >= 11 is 2.20. The SMILES string of the molecule is CC1C=C2C3=C(C1)N(C1C=C4C5=C(CCC=C5)SC4CC1)C1C=C(N(C4=CC=CCC4)c4ccccc4)OC1B3C1C=C(C3CCCCC3)CC3C1N2C(C)(C)C31CCCCC1. The van der Waals surface area contributed by atoms with Gasteiger partial charge in [0.05, 0.1) is 6.04 Å². The van der Waals surface area contributed by atoms with Gasteiger partial charge in [0.15, 0.2) is 5.88 Å². The molecule has 0 radical (unpaired) electrons. The Labute approximate surface area is 377 Å². The Kier molecular flexibility index (Phi) is 9.26. The number of hydrogen-bond donors (Lipinski definition) is 0. The topological polar surface area (TPSA) is 19.0 Å². The van der Waals surface area contributed by atoms with Crippen molar-refractivity contribution in [3.05, 3.63) is 135 Å². The molecule has 5 heterocycles. The van der Waals surface area contributed by atoms with Crippen LogP contribution >= 0.6 is 11.8 Å². The minimum absolute atomic E-state index is 0.0608. The Morgan fingerprint density at radius 1 is 0.855 bits per heavy atom. The van der Waals surface area contributed by atoms with Crippen LogP contribution in [0.2, 0.25) is 5.82 Å². The van der Waals surface area contributed by atoms with E-state index < -0.39 is 0 Å². The second-order valence-electron chi connectivity index (χ2n) is 22.2. The Morgan fingerprint density at radius 3 is 2.50 bits per heavy atom. The summed E-state index contributed by atoms with van der Waals surface area (Å²) in [4.78, 5) is 10.3.